The largest absolute Gasteiger partial charge is 0.469 e. The van der Waals surface area contributed by atoms with Crippen LogP contribution in [0.2, 0.25) is 0 Å². The molecule has 0 N–H and O–H groups in total. The first-order chi connectivity index (χ1) is 6.56. The highest BCUT2D eigenvalue weighted by atomic mass is 32.2. The maximum absolute atomic E-state index is 11.6. The van der Waals surface area contributed by atoms with E-state index < -0.39 is 15.8 Å². The molecule has 0 amide bonds. The summed E-state index contributed by atoms with van der Waals surface area (Å²) in [6.07, 6.45) is 3.46. The summed E-state index contributed by atoms with van der Waals surface area (Å²) in [4.78, 5) is 10.8. The van der Waals surface area contributed by atoms with Crippen LogP contribution in [0.1, 0.15) is 32.1 Å². The van der Waals surface area contributed by atoms with Crippen LogP contribution >= 0.6 is 0 Å². The Balaban J connectivity index is 2.45. The fourth-order valence-corrected chi connectivity index (χ4v) is 3.58. The van der Waals surface area contributed by atoms with Gasteiger partial charge in [0.2, 0.25) is 0 Å². The topological polar surface area (TPSA) is 60.4 Å². The standard InChI is InChI=1S/C9H16O4S/c1-13-9(10)6-7-14(11,12)8-4-2-3-5-8/h8H,2-7H2,1H3. The molecule has 82 valence electrons. The molecule has 0 atom stereocenters. The van der Waals surface area contributed by atoms with Gasteiger partial charge in [-0.25, -0.2) is 8.42 Å². The van der Waals surface area contributed by atoms with Gasteiger partial charge in [-0.3, -0.25) is 4.79 Å². The van der Waals surface area contributed by atoms with Crippen molar-refractivity contribution in [2.45, 2.75) is 37.4 Å². The van der Waals surface area contributed by atoms with Gasteiger partial charge in [0.1, 0.15) is 0 Å². The zero-order chi connectivity index (χ0) is 10.6. The van der Waals surface area contributed by atoms with Crippen molar-refractivity contribution in [2.24, 2.45) is 0 Å². The van der Waals surface area contributed by atoms with Gasteiger partial charge >= 0.3 is 5.97 Å². The van der Waals surface area contributed by atoms with Gasteiger partial charge < -0.3 is 4.74 Å². The van der Waals surface area contributed by atoms with Crippen molar-refractivity contribution in [3.63, 3.8) is 0 Å². The number of sulfone groups is 1. The smallest absolute Gasteiger partial charge is 0.306 e. The van der Waals surface area contributed by atoms with Gasteiger partial charge in [0.25, 0.3) is 0 Å². The van der Waals surface area contributed by atoms with Crippen molar-refractivity contribution in [2.75, 3.05) is 12.9 Å². The van der Waals surface area contributed by atoms with Crippen molar-refractivity contribution >= 4 is 15.8 Å². The van der Waals surface area contributed by atoms with Crippen LogP contribution in [0.4, 0.5) is 0 Å². The van der Waals surface area contributed by atoms with Gasteiger partial charge in [0.15, 0.2) is 9.84 Å². The van der Waals surface area contributed by atoms with Crippen LogP contribution in [0.25, 0.3) is 0 Å². The molecule has 0 saturated heterocycles. The van der Waals surface area contributed by atoms with E-state index in [0.29, 0.717) is 0 Å². The molecule has 4 nitrogen and oxygen atoms in total. The Bertz CT molecular complexity index is 288. The molecular weight excluding hydrogens is 204 g/mol. The van der Waals surface area contributed by atoms with Crippen LogP contribution in [-0.2, 0) is 19.4 Å². The molecule has 0 aromatic carbocycles. The van der Waals surface area contributed by atoms with Crippen molar-refractivity contribution in [3.05, 3.63) is 0 Å². The van der Waals surface area contributed by atoms with Crippen LogP contribution in [0, 0.1) is 0 Å². The number of ether oxygens (including phenoxy) is 1. The number of carbonyl (C=O) groups is 1. The zero-order valence-corrected chi connectivity index (χ0v) is 9.18. The average molecular weight is 220 g/mol. The molecule has 14 heavy (non-hydrogen) atoms. The molecule has 1 aliphatic rings. The third-order valence-electron chi connectivity index (χ3n) is 2.63. The second-order valence-electron chi connectivity index (χ2n) is 3.60. The molecule has 1 saturated carbocycles. The molecule has 0 aromatic heterocycles. The Kier molecular flexibility index (Phi) is 3.92. The number of esters is 1. The predicted octanol–water partition coefficient (Wildman–Crippen LogP) is 0.907. The summed E-state index contributed by atoms with van der Waals surface area (Å²) < 4.78 is 27.7. The fourth-order valence-electron chi connectivity index (χ4n) is 1.74. The van der Waals surface area contributed by atoms with Gasteiger partial charge in [0.05, 0.1) is 24.5 Å². The Morgan fingerprint density at radius 1 is 1.36 bits per heavy atom. The Labute approximate surface area is 84.6 Å². The molecule has 1 fully saturated rings. The minimum atomic E-state index is -3.07. The lowest BCUT2D eigenvalue weighted by Gasteiger charge is -2.09. The number of rotatable bonds is 4. The van der Waals surface area contributed by atoms with E-state index in [4.69, 9.17) is 0 Å². The molecule has 0 unspecified atom stereocenters. The second kappa shape index (κ2) is 4.77. The molecule has 0 heterocycles. The van der Waals surface area contributed by atoms with E-state index >= 15 is 0 Å². The fraction of sp³-hybridized carbons (Fsp3) is 0.889. The second-order valence-corrected chi connectivity index (χ2v) is 6.00. The van der Waals surface area contributed by atoms with Crippen LogP contribution < -0.4 is 0 Å². The van der Waals surface area contributed by atoms with Crippen LogP contribution in [0.5, 0.6) is 0 Å². The molecular formula is C9H16O4S. The lowest BCUT2D eigenvalue weighted by molar-refractivity contribution is -0.140. The Morgan fingerprint density at radius 2 is 1.93 bits per heavy atom. The van der Waals surface area contributed by atoms with Gasteiger partial charge in [-0.15, -0.1) is 0 Å². The highest BCUT2D eigenvalue weighted by Gasteiger charge is 2.28. The summed E-state index contributed by atoms with van der Waals surface area (Å²) >= 11 is 0. The number of hydrogen-bond acceptors (Lipinski definition) is 4. The first kappa shape index (κ1) is 11.5. The highest BCUT2D eigenvalue weighted by Crippen LogP contribution is 2.25. The van der Waals surface area contributed by atoms with Crippen molar-refractivity contribution < 1.29 is 17.9 Å². The molecule has 1 aliphatic carbocycles. The molecule has 5 heteroatoms. The molecule has 1 rings (SSSR count). The van der Waals surface area contributed by atoms with Crippen molar-refractivity contribution in [1.82, 2.24) is 0 Å². The van der Waals surface area contributed by atoms with Gasteiger partial charge in [-0.2, -0.15) is 0 Å². The third-order valence-corrected chi connectivity index (χ3v) is 4.89. The normalized spacial score (nSPS) is 18.4. The molecule has 0 spiro atoms. The summed E-state index contributed by atoms with van der Waals surface area (Å²) in [5.74, 6) is -0.517. The minimum Gasteiger partial charge on any atom is -0.469 e. The summed E-state index contributed by atoms with van der Waals surface area (Å²) in [6, 6.07) is 0. The summed E-state index contributed by atoms with van der Waals surface area (Å²) in [7, 11) is -1.80. The maximum Gasteiger partial charge on any atom is 0.306 e. The first-order valence-corrected chi connectivity index (χ1v) is 6.56. The minimum absolute atomic E-state index is 0.0185. The summed E-state index contributed by atoms with van der Waals surface area (Å²) in [5, 5.41) is -0.216. The average Bonchev–Trinajstić information content (AvgIpc) is 2.67. The predicted molar refractivity (Wildman–Crippen MR) is 52.7 cm³/mol. The molecule has 0 aromatic rings. The van der Waals surface area contributed by atoms with Gasteiger partial charge in [0, 0.05) is 0 Å². The third kappa shape index (κ3) is 2.97. The van der Waals surface area contributed by atoms with E-state index in [2.05, 4.69) is 4.74 Å². The molecule has 0 aliphatic heterocycles. The SMILES string of the molecule is COC(=O)CCS(=O)(=O)C1CCCC1. The highest BCUT2D eigenvalue weighted by molar-refractivity contribution is 7.92. The first-order valence-electron chi connectivity index (χ1n) is 4.84. The van der Waals surface area contributed by atoms with E-state index in [9.17, 15) is 13.2 Å². The Hall–Kier alpha value is -0.580. The van der Waals surface area contributed by atoms with Crippen LogP contribution in [0.3, 0.4) is 0 Å². The molecule has 0 radical (unpaired) electrons. The van der Waals surface area contributed by atoms with Crippen molar-refractivity contribution in [3.8, 4) is 0 Å². The number of carbonyl (C=O) groups excluding carboxylic acids is 1. The van der Waals surface area contributed by atoms with E-state index in [1.807, 2.05) is 0 Å². The summed E-state index contributed by atoms with van der Waals surface area (Å²) in [5.41, 5.74) is 0. The van der Waals surface area contributed by atoms with E-state index in [0.717, 1.165) is 25.7 Å². The lowest BCUT2D eigenvalue weighted by Crippen LogP contribution is -2.22. The van der Waals surface area contributed by atoms with Crippen LogP contribution in [0.15, 0.2) is 0 Å². The van der Waals surface area contributed by atoms with Gasteiger partial charge in [-0.1, -0.05) is 12.8 Å². The monoisotopic (exact) mass is 220 g/mol. The summed E-state index contributed by atoms with van der Waals surface area (Å²) in [6.45, 7) is 0. The van der Waals surface area contributed by atoms with Gasteiger partial charge in [-0.05, 0) is 12.8 Å². The quantitative estimate of drug-likeness (QED) is 0.661. The number of hydrogen-bond donors (Lipinski definition) is 0. The zero-order valence-electron chi connectivity index (χ0n) is 8.36. The Morgan fingerprint density at radius 3 is 2.43 bits per heavy atom. The lowest BCUT2D eigenvalue weighted by atomic mass is 10.4. The van der Waals surface area contributed by atoms with E-state index in [1.165, 1.54) is 7.11 Å². The molecule has 0 bridgehead atoms. The van der Waals surface area contributed by atoms with Crippen LogP contribution in [-0.4, -0.2) is 32.5 Å². The van der Waals surface area contributed by atoms with Crippen molar-refractivity contribution in [1.29, 1.82) is 0 Å². The number of methoxy groups -OCH3 is 1. The van der Waals surface area contributed by atoms with E-state index in [-0.39, 0.29) is 17.4 Å². The maximum atomic E-state index is 11.6. The van der Waals surface area contributed by atoms with E-state index in [1.54, 1.807) is 0 Å².